The van der Waals surface area contributed by atoms with Crippen LogP contribution in [0.15, 0.2) is 12.1 Å². The molecule has 0 bridgehead atoms. The van der Waals surface area contributed by atoms with E-state index in [1.54, 1.807) is 7.11 Å². The van der Waals surface area contributed by atoms with E-state index in [1.807, 2.05) is 19.1 Å². The fraction of sp³-hybridized carbons (Fsp3) is 0.667. The molecule has 2 rings (SSSR count). The van der Waals surface area contributed by atoms with Crippen LogP contribution in [0.3, 0.4) is 0 Å². The Bertz CT molecular complexity index is 422. The number of nitrogens with one attached hydrogen (secondary N) is 1. The fourth-order valence-electron chi connectivity index (χ4n) is 2.60. The van der Waals surface area contributed by atoms with E-state index in [-0.39, 0.29) is 0 Å². The maximum atomic E-state index is 5.32. The maximum absolute atomic E-state index is 5.32. The molecule has 1 saturated heterocycles. The second kappa shape index (κ2) is 6.35. The molecule has 0 aromatic carbocycles. The molecule has 1 N–H and O–H groups in total. The maximum Gasteiger partial charge on any atom is 0.122 e. The number of hydrogen-bond donors (Lipinski definition) is 1. The van der Waals surface area contributed by atoms with Gasteiger partial charge >= 0.3 is 0 Å². The van der Waals surface area contributed by atoms with Crippen molar-refractivity contribution < 1.29 is 4.74 Å². The Labute approximate surface area is 116 Å². The van der Waals surface area contributed by atoms with E-state index in [4.69, 9.17) is 4.74 Å². The Morgan fingerprint density at radius 2 is 2.26 bits per heavy atom. The Hall–Kier alpha value is -1.13. The Balaban J connectivity index is 2.08. The number of pyridine rings is 1. The monoisotopic (exact) mass is 263 g/mol. The van der Waals surface area contributed by atoms with Crippen LogP contribution < -0.4 is 10.1 Å². The summed E-state index contributed by atoms with van der Waals surface area (Å²) in [4.78, 5) is 7.12. The minimum Gasteiger partial charge on any atom is -0.497 e. The van der Waals surface area contributed by atoms with Crippen LogP contribution in [0.4, 0.5) is 0 Å². The van der Waals surface area contributed by atoms with E-state index in [2.05, 4.69) is 29.0 Å². The van der Waals surface area contributed by atoms with Crippen LogP contribution in [-0.4, -0.2) is 42.2 Å². The number of aromatic nitrogens is 1. The summed E-state index contributed by atoms with van der Waals surface area (Å²) in [6.07, 6.45) is 1.17. The zero-order chi connectivity index (χ0) is 13.8. The molecule has 1 aliphatic rings. The van der Waals surface area contributed by atoms with Gasteiger partial charge in [0.15, 0.2) is 0 Å². The number of hydrogen-bond acceptors (Lipinski definition) is 4. The highest BCUT2D eigenvalue weighted by molar-refractivity contribution is 5.26. The van der Waals surface area contributed by atoms with Crippen LogP contribution in [0.5, 0.6) is 5.75 Å². The van der Waals surface area contributed by atoms with Crippen molar-refractivity contribution in [2.24, 2.45) is 0 Å². The van der Waals surface area contributed by atoms with Crippen LogP contribution >= 0.6 is 0 Å². The van der Waals surface area contributed by atoms with Crippen molar-refractivity contribution in [3.8, 4) is 5.75 Å². The van der Waals surface area contributed by atoms with Gasteiger partial charge in [-0.15, -0.1) is 0 Å². The molecule has 0 amide bonds. The van der Waals surface area contributed by atoms with E-state index >= 15 is 0 Å². The molecule has 2 heterocycles. The standard InChI is InChI=1S/C15H25N3O/c1-5-13-9-18(12(3)8-16-13)10-14-7-15(19-4)6-11(2)17-14/h6-7,12-13,16H,5,8-10H2,1-4H3. The van der Waals surface area contributed by atoms with Gasteiger partial charge < -0.3 is 10.1 Å². The second-order valence-electron chi connectivity index (χ2n) is 5.43. The first-order valence-corrected chi connectivity index (χ1v) is 7.11. The van der Waals surface area contributed by atoms with Crippen molar-refractivity contribution in [3.05, 3.63) is 23.5 Å². The van der Waals surface area contributed by atoms with E-state index in [0.29, 0.717) is 12.1 Å². The van der Waals surface area contributed by atoms with Crippen LogP contribution in [0.1, 0.15) is 31.7 Å². The molecule has 2 unspecified atom stereocenters. The van der Waals surface area contributed by atoms with E-state index in [9.17, 15) is 0 Å². The number of nitrogens with zero attached hydrogens (tertiary/aromatic N) is 2. The molecule has 4 nitrogen and oxygen atoms in total. The normalized spacial score (nSPS) is 24.4. The quantitative estimate of drug-likeness (QED) is 0.901. The third-order valence-corrected chi connectivity index (χ3v) is 3.85. The average molecular weight is 263 g/mol. The van der Waals surface area contributed by atoms with Crippen molar-refractivity contribution in [3.63, 3.8) is 0 Å². The number of aryl methyl sites for hydroxylation is 1. The molecule has 0 saturated carbocycles. The first-order valence-electron chi connectivity index (χ1n) is 7.11. The molecular weight excluding hydrogens is 238 g/mol. The highest BCUT2D eigenvalue weighted by Crippen LogP contribution is 2.17. The van der Waals surface area contributed by atoms with Crippen molar-refractivity contribution in [1.82, 2.24) is 15.2 Å². The SMILES string of the molecule is CCC1CN(Cc2cc(OC)cc(C)n2)C(C)CN1. The van der Waals surface area contributed by atoms with Crippen LogP contribution in [0.2, 0.25) is 0 Å². The van der Waals surface area contributed by atoms with Gasteiger partial charge in [0, 0.05) is 49.5 Å². The molecule has 1 fully saturated rings. The predicted molar refractivity (Wildman–Crippen MR) is 77.5 cm³/mol. The van der Waals surface area contributed by atoms with Crippen molar-refractivity contribution >= 4 is 0 Å². The number of piperazine rings is 1. The first kappa shape index (κ1) is 14.3. The summed E-state index contributed by atoms with van der Waals surface area (Å²) < 4.78 is 5.32. The second-order valence-corrected chi connectivity index (χ2v) is 5.43. The number of methoxy groups -OCH3 is 1. The van der Waals surface area contributed by atoms with Gasteiger partial charge in [-0.25, -0.2) is 0 Å². The van der Waals surface area contributed by atoms with E-state index < -0.39 is 0 Å². The Morgan fingerprint density at radius 3 is 2.95 bits per heavy atom. The summed E-state index contributed by atoms with van der Waals surface area (Å²) in [6, 6.07) is 5.17. The Kier molecular flexibility index (Phi) is 4.77. The fourth-order valence-corrected chi connectivity index (χ4v) is 2.60. The highest BCUT2D eigenvalue weighted by atomic mass is 16.5. The molecule has 1 aromatic heterocycles. The van der Waals surface area contributed by atoms with Crippen LogP contribution in [0, 0.1) is 6.92 Å². The topological polar surface area (TPSA) is 37.4 Å². The molecule has 4 heteroatoms. The van der Waals surface area contributed by atoms with Gasteiger partial charge in [-0.1, -0.05) is 6.92 Å². The summed E-state index contributed by atoms with van der Waals surface area (Å²) >= 11 is 0. The van der Waals surface area contributed by atoms with Gasteiger partial charge in [-0.3, -0.25) is 9.88 Å². The summed E-state index contributed by atoms with van der Waals surface area (Å²) in [6.45, 7) is 9.57. The lowest BCUT2D eigenvalue weighted by molar-refractivity contribution is 0.130. The van der Waals surface area contributed by atoms with Crippen molar-refractivity contribution in [1.29, 1.82) is 0 Å². The summed E-state index contributed by atoms with van der Waals surface area (Å²) in [5.41, 5.74) is 2.12. The predicted octanol–water partition coefficient (Wildman–Crippen LogP) is 1.97. The van der Waals surface area contributed by atoms with Crippen molar-refractivity contribution in [2.75, 3.05) is 20.2 Å². The largest absolute Gasteiger partial charge is 0.497 e. The van der Waals surface area contributed by atoms with Crippen LogP contribution in [-0.2, 0) is 6.54 Å². The molecule has 0 aliphatic carbocycles. The highest BCUT2D eigenvalue weighted by Gasteiger charge is 2.24. The van der Waals surface area contributed by atoms with Gasteiger partial charge in [-0.05, 0) is 20.3 Å². The smallest absolute Gasteiger partial charge is 0.122 e. The summed E-state index contributed by atoms with van der Waals surface area (Å²) in [5, 5.41) is 3.58. The molecule has 1 aliphatic heterocycles. The van der Waals surface area contributed by atoms with Crippen molar-refractivity contribution in [2.45, 2.75) is 45.8 Å². The summed E-state index contributed by atoms with van der Waals surface area (Å²) in [5.74, 6) is 0.900. The minimum absolute atomic E-state index is 0.552. The van der Waals surface area contributed by atoms with Gasteiger partial charge in [0.25, 0.3) is 0 Å². The van der Waals surface area contributed by atoms with Gasteiger partial charge in [0.05, 0.1) is 12.8 Å². The molecular formula is C15H25N3O. The van der Waals surface area contributed by atoms with Gasteiger partial charge in [0.1, 0.15) is 5.75 Å². The molecule has 19 heavy (non-hydrogen) atoms. The molecule has 106 valence electrons. The lowest BCUT2D eigenvalue weighted by Gasteiger charge is -2.38. The lowest BCUT2D eigenvalue weighted by Crippen LogP contribution is -2.54. The van der Waals surface area contributed by atoms with Gasteiger partial charge in [-0.2, -0.15) is 0 Å². The lowest BCUT2D eigenvalue weighted by atomic mass is 10.1. The van der Waals surface area contributed by atoms with Crippen LogP contribution in [0.25, 0.3) is 0 Å². The zero-order valence-electron chi connectivity index (χ0n) is 12.4. The van der Waals surface area contributed by atoms with Gasteiger partial charge in [0.2, 0.25) is 0 Å². The zero-order valence-corrected chi connectivity index (χ0v) is 12.4. The average Bonchev–Trinajstić information content (AvgIpc) is 2.40. The third-order valence-electron chi connectivity index (χ3n) is 3.85. The van der Waals surface area contributed by atoms with E-state index in [0.717, 1.165) is 36.8 Å². The Morgan fingerprint density at radius 1 is 1.47 bits per heavy atom. The van der Waals surface area contributed by atoms with E-state index in [1.165, 1.54) is 6.42 Å². The number of ether oxygens (including phenoxy) is 1. The molecule has 0 radical (unpaired) electrons. The summed E-state index contributed by atoms with van der Waals surface area (Å²) in [7, 11) is 1.71. The molecule has 0 spiro atoms. The molecule has 1 aromatic rings. The first-order chi connectivity index (χ1) is 9.12. The minimum atomic E-state index is 0.552. The third kappa shape index (κ3) is 3.67. The molecule has 2 atom stereocenters. The number of rotatable bonds is 4.